The van der Waals surface area contributed by atoms with Crippen LogP contribution < -0.4 is 51.4 Å². The van der Waals surface area contributed by atoms with E-state index in [2.05, 4.69) is 0 Å². The van der Waals surface area contributed by atoms with Crippen molar-refractivity contribution in [3.05, 3.63) is 0 Å². The molecule has 0 radical (unpaired) electrons. The molecule has 6 heteroatoms. The zero-order valence-electron chi connectivity index (χ0n) is 8.43. The Morgan fingerprint density at radius 3 is 1.85 bits per heavy atom. The molecule has 2 unspecified atom stereocenters. The summed E-state index contributed by atoms with van der Waals surface area (Å²) in [6, 6.07) is 0.201. The summed E-state index contributed by atoms with van der Waals surface area (Å²) in [7, 11) is 0. The summed E-state index contributed by atoms with van der Waals surface area (Å²) >= 11 is 0. The molecule has 13 heavy (non-hydrogen) atoms. The zero-order valence-corrected chi connectivity index (χ0v) is 11.6. The van der Waals surface area contributed by atoms with Crippen LogP contribution >= 0.6 is 0 Å². The summed E-state index contributed by atoms with van der Waals surface area (Å²) in [5.41, 5.74) is 0. The first-order chi connectivity index (χ1) is 5.40. The molecule has 0 aromatic rings. The van der Waals surface area contributed by atoms with Gasteiger partial charge in [-0.3, -0.25) is 0 Å². The average molecular weight is 219 g/mol. The Hall–Kier alpha value is 1.45. The van der Waals surface area contributed by atoms with Crippen molar-refractivity contribution in [1.29, 1.82) is 0 Å². The number of likely N-dealkylation sites (tertiary alicyclic amines) is 1. The Balaban J connectivity index is 0.00000144. The van der Waals surface area contributed by atoms with E-state index in [4.69, 9.17) is 0 Å². The molecule has 0 bridgehead atoms. The minimum atomic E-state index is -4.65. The minimum absolute atomic E-state index is 0. The smallest absolute Gasteiger partial charge is 0.448 e. The van der Waals surface area contributed by atoms with Crippen molar-refractivity contribution in [2.45, 2.75) is 38.8 Å². The van der Waals surface area contributed by atoms with Crippen molar-refractivity contribution in [2.24, 2.45) is 0 Å². The van der Waals surface area contributed by atoms with Crippen LogP contribution in [0.25, 0.3) is 0 Å². The molecule has 2 atom stereocenters. The fourth-order valence-electron chi connectivity index (χ4n) is 1.85. The standard InChI is InChI=1S/C7H14BF3N.K/c1-6-3-4-7(2)12(6)5-8(9,10)11;/h6-7H,3-5H2,1-2H3;/q-1;+1. The van der Waals surface area contributed by atoms with Gasteiger partial charge in [-0.1, -0.05) is 0 Å². The Bertz CT molecular complexity index is 154. The van der Waals surface area contributed by atoms with Crippen LogP contribution in [0.3, 0.4) is 0 Å². The first-order valence-electron chi connectivity index (χ1n) is 4.37. The molecule has 0 spiro atoms. The molecule has 0 aromatic heterocycles. The predicted molar refractivity (Wildman–Crippen MR) is 43.9 cm³/mol. The van der Waals surface area contributed by atoms with Crippen molar-refractivity contribution in [3.63, 3.8) is 0 Å². The van der Waals surface area contributed by atoms with Gasteiger partial charge < -0.3 is 17.8 Å². The molecule has 1 saturated heterocycles. The molecule has 0 saturated carbocycles. The van der Waals surface area contributed by atoms with Crippen LogP contribution in [0.2, 0.25) is 0 Å². The van der Waals surface area contributed by atoms with E-state index in [1.807, 2.05) is 13.8 Å². The number of rotatable bonds is 2. The van der Waals surface area contributed by atoms with Crippen molar-refractivity contribution in [1.82, 2.24) is 4.90 Å². The van der Waals surface area contributed by atoms with Crippen LogP contribution in [-0.2, 0) is 0 Å². The van der Waals surface area contributed by atoms with Gasteiger partial charge in [-0.05, 0) is 33.1 Å². The van der Waals surface area contributed by atoms with Crippen molar-refractivity contribution < 1.29 is 64.3 Å². The van der Waals surface area contributed by atoms with Gasteiger partial charge in [-0.25, -0.2) is 0 Å². The summed E-state index contributed by atoms with van der Waals surface area (Å²) in [6.45, 7) is -0.915. The van der Waals surface area contributed by atoms with Gasteiger partial charge in [-0.15, -0.1) is 0 Å². The Labute approximate surface area is 120 Å². The topological polar surface area (TPSA) is 3.24 Å². The second-order valence-electron chi connectivity index (χ2n) is 3.68. The zero-order chi connectivity index (χ0) is 9.35. The third kappa shape index (κ3) is 4.66. The molecule has 1 aliphatic rings. The Morgan fingerprint density at radius 2 is 1.54 bits per heavy atom. The third-order valence-electron chi connectivity index (χ3n) is 2.55. The molecule has 72 valence electrons. The maximum Gasteiger partial charge on any atom is 1.00 e. The fourth-order valence-corrected chi connectivity index (χ4v) is 1.85. The molecular weight excluding hydrogens is 205 g/mol. The van der Waals surface area contributed by atoms with Crippen LogP contribution in [0.15, 0.2) is 0 Å². The van der Waals surface area contributed by atoms with Crippen molar-refractivity contribution >= 4 is 6.98 Å². The molecule has 1 heterocycles. The van der Waals surface area contributed by atoms with Crippen LogP contribution in [0.1, 0.15) is 26.7 Å². The Kier molecular flexibility index (Phi) is 6.13. The van der Waals surface area contributed by atoms with Crippen molar-refractivity contribution in [3.8, 4) is 0 Å². The molecular formula is C7H14BF3KN. The summed E-state index contributed by atoms with van der Waals surface area (Å²) in [6.07, 6.45) is 1.10. The molecule has 0 N–H and O–H groups in total. The predicted octanol–water partition coefficient (Wildman–Crippen LogP) is -0.750. The first-order valence-corrected chi connectivity index (χ1v) is 4.37. The second-order valence-corrected chi connectivity index (χ2v) is 3.68. The second kappa shape index (κ2) is 5.51. The van der Waals surface area contributed by atoms with Crippen LogP contribution in [0.4, 0.5) is 12.9 Å². The number of nitrogens with zero attached hydrogens (tertiary/aromatic N) is 1. The molecule has 1 aliphatic heterocycles. The summed E-state index contributed by atoms with van der Waals surface area (Å²) < 4.78 is 36.2. The van der Waals surface area contributed by atoms with Gasteiger partial charge in [0.25, 0.3) is 0 Å². The van der Waals surface area contributed by atoms with Gasteiger partial charge in [0.2, 0.25) is 0 Å². The van der Waals surface area contributed by atoms with Gasteiger partial charge in [0.05, 0.1) is 0 Å². The van der Waals surface area contributed by atoms with Crippen molar-refractivity contribution in [2.75, 3.05) is 6.44 Å². The maximum atomic E-state index is 12.1. The fraction of sp³-hybridized carbons (Fsp3) is 1.00. The van der Waals surface area contributed by atoms with E-state index < -0.39 is 13.4 Å². The van der Waals surface area contributed by atoms with Gasteiger partial charge in [0.1, 0.15) is 0 Å². The quantitative estimate of drug-likeness (QED) is 0.552. The summed E-state index contributed by atoms with van der Waals surface area (Å²) in [4.78, 5) is 1.56. The van der Waals surface area contributed by atoms with E-state index in [0.717, 1.165) is 12.8 Å². The van der Waals surface area contributed by atoms with Gasteiger partial charge >= 0.3 is 58.4 Å². The molecule has 0 amide bonds. The third-order valence-corrected chi connectivity index (χ3v) is 2.55. The first kappa shape index (κ1) is 14.5. The van der Waals surface area contributed by atoms with E-state index in [9.17, 15) is 12.9 Å². The number of hydrogen-bond acceptors (Lipinski definition) is 1. The summed E-state index contributed by atoms with van der Waals surface area (Å²) in [5.74, 6) is 0. The normalized spacial score (nSPS) is 30.2. The van der Waals surface area contributed by atoms with Crippen LogP contribution in [0.5, 0.6) is 0 Å². The van der Waals surface area contributed by atoms with Crippen LogP contribution in [0, 0.1) is 0 Å². The van der Waals surface area contributed by atoms with E-state index >= 15 is 0 Å². The van der Waals surface area contributed by atoms with E-state index in [1.54, 1.807) is 4.90 Å². The summed E-state index contributed by atoms with van der Waals surface area (Å²) in [5, 5.41) is 0. The van der Waals surface area contributed by atoms with Crippen LogP contribution in [-0.4, -0.2) is 30.4 Å². The van der Waals surface area contributed by atoms with Gasteiger partial charge in [0.15, 0.2) is 0 Å². The van der Waals surface area contributed by atoms with Gasteiger partial charge in [0, 0.05) is 12.1 Å². The van der Waals surface area contributed by atoms with E-state index in [1.165, 1.54) is 0 Å². The molecule has 1 rings (SSSR count). The van der Waals surface area contributed by atoms with E-state index in [0.29, 0.717) is 0 Å². The largest absolute Gasteiger partial charge is 1.00 e. The SMILES string of the molecule is CC1CCC(C)N1C[B-](F)(F)F.[K+]. The number of halogens is 3. The average Bonchev–Trinajstić information content (AvgIpc) is 2.16. The van der Waals surface area contributed by atoms with Gasteiger partial charge in [-0.2, -0.15) is 0 Å². The molecule has 0 aliphatic carbocycles. The molecule has 1 fully saturated rings. The number of hydrogen-bond donors (Lipinski definition) is 0. The minimum Gasteiger partial charge on any atom is -0.448 e. The molecule has 0 aromatic carbocycles. The van der Waals surface area contributed by atoms with E-state index in [-0.39, 0.29) is 63.5 Å². The Morgan fingerprint density at radius 1 is 1.15 bits per heavy atom. The monoisotopic (exact) mass is 219 g/mol. The maximum absolute atomic E-state index is 12.1. The molecule has 1 nitrogen and oxygen atoms in total.